The smallest absolute Gasteiger partial charge is 0.393 e. The standard InChI is InChI=1S/C52H57BN6O8/c1-31(2)27-41(54-51(60)47-43(35-17-7-5-8-18-35)49(58(62)63)45(56-47)39-25-23-33-15-11-13-21-37(33)29-39)66-53-67-42(28-32(3)4)55-52(61)48-44(36-19-9-6-10-20-36)50(59(64)65)46(57-48)40-26-24-34-16-12-14-22-38(34)30-40/h5-26,29-32,41-50,53,56-57H,27-28H2,1-4H3,(H,54,60)(H,55,61). The summed E-state index contributed by atoms with van der Waals surface area (Å²) >= 11 is 0. The molecule has 6 aromatic rings. The third kappa shape index (κ3) is 10.7. The highest BCUT2D eigenvalue weighted by atomic mass is 16.6. The maximum atomic E-state index is 14.5. The monoisotopic (exact) mass is 904 g/mol. The number of hydrogen-bond donors (Lipinski definition) is 4. The second kappa shape index (κ2) is 21.0. The van der Waals surface area contributed by atoms with Gasteiger partial charge in [0.1, 0.15) is 36.6 Å². The lowest BCUT2D eigenvalue weighted by Crippen LogP contribution is -2.51. The number of nitro groups is 2. The normalized spacial score (nSPS) is 23.6. The average Bonchev–Trinajstić information content (AvgIpc) is 3.93. The zero-order valence-corrected chi connectivity index (χ0v) is 38.1. The first-order valence-corrected chi connectivity index (χ1v) is 23.1. The Bertz CT molecular complexity index is 2510. The van der Waals surface area contributed by atoms with Gasteiger partial charge in [0, 0.05) is 9.85 Å². The van der Waals surface area contributed by atoms with Crippen molar-refractivity contribution in [2.75, 3.05) is 0 Å². The molecule has 15 heteroatoms. The molecule has 6 aromatic carbocycles. The van der Waals surface area contributed by atoms with Crippen molar-refractivity contribution in [3.8, 4) is 0 Å². The Labute approximate surface area is 390 Å². The number of nitrogens with zero attached hydrogens (tertiary/aromatic N) is 2. The van der Waals surface area contributed by atoms with Crippen molar-refractivity contribution < 1.29 is 28.7 Å². The summed E-state index contributed by atoms with van der Waals surface area (Å²) < 4.78 is 12.5. The number of carbonyl (C=O) groups excluding carboxylic acids is 2. The highest BCUT2D eigenvalue weighted by Gasteiger charge is 2.56. The maximum absolute atomic E-state index is 14.5. The van der Waals surface area contributed by atoms with Gasteiger partial charge in [-0.25, -0.2) is 0 Å². The molecule has 67 heavy (non-hydrogen) atoms. The molecule has 10 atom stereocenters. The van der Waals surface area contributed by atoms with Crippen molar-refractivity contribution in [3.63, 3.8) is 0 Å². The average molecular weight is 905 g/mol. The number of carbonyl (C=O) groups is 2. The fraction of sp³-hybridized carbons (Fsp3) is 0.346. The summed E-state index contributed by atoms with van der Waals surface area (Å²) in [5, 5.41) is 42.7. The molecular weight excluding hydrogens is 847 g/mol. The zero-order valence-electron chi connectivity index (χ0n) is 38.1. The molecule has 2 saturated heterocycles. The Morgan fingerprint density at radius 2 is 0.896 bits per heavy atom. The van der Waals surface area contributed by atoms with Crippen molar-refractivity contribution in [2.45, 2.75) is 101 Å². The van der Waals surface area contributed by atoms with Gasteiger partial charge in [0.15, 0.2) is 0 Å². The summed E-state index contributed by atoms with van der Waals surface area (Å²) in [6.07, 6.45) is -0.904. The van der Waals surface area contributed by atoms with Gasteiger partial charge in [-0.1, -0.05) is 161 Å². The van der Waals surface area contributed by atoms with E-state index in [0.717, 1.165) is 21.5 Å². The molecule has 0 aliphatic carbocycles. The molecule has 2 amide bonds. The number of benzene rings is 6. The molecule has 14 nitrogen and oxygen atoms in total. The molecule has 10 unspecified atom stereocenters. The molecule has 8 rings (SSSR count). The highest BCUT2D eigenvalue weighted by Crippen LogP contribution is 2.42. The van der Waals surface area contributed by atoms with Crippen LogP contribution in [0.1, 0.15) is 86.7 Å². The van der Waals surface area contributed by atoms with Crippen LogP contribution in [0.5, 0.6) is 0 Å². The van der Waals surface area contributed by atoms with E-state index >= 15 is 0 Å². The number of hydrogen-bond acceptors (Lipinski definition) is 10. The van der Waals surface area contributed by atoms with Crippen molar-refractivity contribution in [1.29, 1.82) is 0 Å². The van der Waals surface area contributed by atoms with Crippen LogP contribution in [0.3, 0.4) is 0 Å². The first kappa shape index (κ1) is 47.0. The van der Waals surface area contributed by atoms with E-state index in [9.17, 15) is 29.8 Å². The third-order valence-electron chi connectivity index (χ3n) is 13.1. The van der Waals surface area contributed by atoms with Gasteiger partial charge < -0.3 is 19.9 Å². The lowest BCUT2D eigenvalue weighted by molar-refractivity contribution is -0.527. The minimum Gasteiger partial charge on any atom is -0.393 e. The minimum absolute atomic E-state index is 0.0724. The van der Waals surface area contributed by atoms with Crippen molar-refractivity contribution in [2.24, 2.45) is 11.8 Å². The van der Waals surface area contributed by atoms with E-state index in [2.05, 4.69) is 21.3 Å². The number of nitrogens with one attached hydrogen (secondary N) is 4. The maximum Gasteiger partial charge on any atom is 0.441 e. The third-order valence-corrected chi connectivity index (χ3v) is 13.1. The minimum atomic E-state index is -1.16. The number of rotatable bonds is 18. The first-order valence-electron chi connectivity index (χ1n) is 23.1. The van der Waals surface area contributed by atoms with E-state index in [0.29, 0.717) is 35.1 Å². The van der Waals surface area contributed by atoms with Gasteiger partial charge in [0.05, 0.1) is 11.8 Å². The van der Waals surface area contributed by atoms with E-state index in [1.165, 1.54) is 0 Å². The summed E-state index contributed by atoms with van der Waals surface area (Å²) in [6, 6.07) is 39.5. The van der Waals surface area contributed by atoms with E-state index in [4.69, 9.17) is 9.31 Å². The molecule has 4 N–H and O–H groups in total. The Hall–Kier alpha value is -6.52. The fourth-order valence-electron chi connectivity index (χ4n) is 10.00. The molecule has 0 saturated carbocycles. The lowest BCUT2D eigenvalue weighted by Gasteiger charge is -2.28. The molecule has 0 aromatic heterocycles. The largest absolute Gasteiger partial charge is 0.441 e. The van der Waals surface area contributed by atoms with Crippen LogP contribution in [0, 0.1) is 32.1 Å². The second-order valence-corrected chi connectivity index (χ2v) is 18.6. The summed E-state index contributed by atoms with van der Waals surface area (Å²) in [5.41, 5.74) is 2.74. The van der Waals surface area contributed by atoms with E-state index in [1.807, 2.05) is 173 Å². The van der Waals surface area contributed by atoms with Crippen LogP contribution >= 0.6 is 0 Å². The zero-order chi connectivity index (χ0) is 47.2. The van der Waals surface area contributed by atoms with Gasteiger partial charge in [0.25, 0.3) is 0 Å². The van der Waals surface area contributed by atoms with Crippen molar-refractivity contribution >= 4 is 41.0 Å². The molecule has 0 radical (unpaired) electrons. The molecule has 2 aliphatic heterocycles. The quantitative estimate of drug-likeness (QED) is 0.0286. The Balaban J connectivity index is 0.997. The van der Waals surface area contributed by atoms with Crippen LogP contribution in [0.4, 0.5) is 0 Å². The Kier molecular flexibility index (Phi) is 14.7. The van der Waals surface area contributed by atoms with Gasteiger partial charge in [-0.05, 0) is 80.6 Å². The molecule has 346 valence electrons. The second-order valence-electron chi connectivity index (χ2n) is 18.6. The molecule has 2 aliphatic rings. The van der Waals surface area contributed by atoms with E-state index in [1.54, 1.807) is 0 Å². The summed E-state index contributed by atoms with van der Waals surface area (Å²) in [7, 11) is -0.315. The molecule has 2 heterocycles. The van der Waals surface area contributed by atoms with Gasteiger partial charge in [-0.2, -0.15) is 0 Å². The van der Waals surface area contributed by atoms with Crippen LogP contribution in [0.15, 0.2) is 146 Å². The van der Waals surface area contributed by atoms with Gasteiger partial charge >= 0.3 is 7.69 Å². The molecule has 0 bridgehead atoms. The summed E-state index contributed by atoms with van der Waals surface area (Å²) in [5.74, 6) is -2.39. The number of amides is 2. The fourth-order valence-corrected chi connectivity index (χ4v) is 10.00. The van der Waals surface area contributed by atoms with Crippen LogP contribution in [-0.4, -0.2) is 66.0 Å². The van der Waals surface area contributed by atoms with Gasteiger partial charge in [-0.15, -0.1) is 0 Å². The summed E-state index contributed by atoms with van der Waals surface area (Å²) in [6.45, 7) is 7.97. The van der Waals surface area contributed by atoms with Crippen LogP contribution in [-0.2, 0) is 18.9 Å². The van der Waals surface area contributed by atoms with Gasteiger partial charge in [0.2, 0.25) is 23.9 Å². The Morgan fingerprint density at radius 3 is 1.25 bits per heavy atom. The van der Waals surface area contributed by atoms with Crippen LogP contribution in [0.2, 0.25) is 0 Å². The van der Waals surface area contributed by atoms with Crippen molar-refractivity contribution in [3.05, 3.63) is 188 Å². The first-order chi connectivity index (χ1) is 32.4. The van der Waals surface area contributed by atoms with Crippen molar-refractivity contribution in [1.82, 2.24) is 21.3 Å². The van der Waals surface area contributed by atoms with Crippen LogP contribution in [0.25, 0.3) is 21.5 Å². The molecule has 0 spiro atoms. The van der Waals surface area contributed by atoms with Crippen LogP contribution < -0.4 is 21.3 Å². The highest BCUT2D eigenvalue weighted by molar-refractivity contribution is 6.18. The number of fused-ring (bicyclic) bond motifs is 2. The summed E-state index contributed by atoms with van der Waals surface area (Å²) in [4.78, 5) is 54.4. The molecule has 2 fully saturated rings. The van der Waals surface area contributed by atoms with E-state index < -0.39 is 72.4 Å². The topological polar surface area (TPSA) is 187 Å². The predicted octanol–water partition coefficient (Wildman–Crippen LogP) is 7.85. The predicted molar refractivity (Wildman–Crippen MR) is 259 cm³/mol. The van der Waals surface area contributed by atoms with Gasteiger partial charge in [-0.3, -0.25) is 40.5 Å². The SMILES string of the molecule is CC(C)CC(NC(=O)C1NC(c2ccc3ccccc3c2)C([N+](=O)[O-])C1c1ccccc1)OBOC(CC(C)C)NC(=O)C1NC(c2ccc3ccccc3c2)C([N+](=O)[O-])C1c1ccccc1. The Morgan fingerprint density at radius 1 is 0.537 bits per heavy atom. The molecular formula is C52H57BN6O8. The van der Waals surface area contributed by atoms with E-state index in [-0.39, 0.29) is 29.4 Å². The lowest BCUT2D eigenvalue weighted by atomic mass is 9.85.